The lowest BCUT2D eigenvalue weighted by atomic mass is 10.1. The molecule has 1 amide bonds. The van der Waals surface area contributed by atoms with Gasteiger partial charge in [-0.15, -0.1) is 0 Å². The number of amides is 1. The molecule has 2 saturated heterocycles. The number of carboxylic acids is 1. The maximum absolute atomic E-state index is 12.4. The second-order valence-corrected chi connectivity index (χ2v) is 9.97. The average Bonchev–Trinajstić information content (AvgIpc) is 2.87. The van der Waals surface area contributed by atoms with E-state index >= 15 is 0 Å². The predicted molar refractivity (Wildman–Crippen MR) is 73.2 cm³/mol. The van der Waals surface area contributed by atoms with Gasteiger partial charge in [-0.2, -0.15) is 0 Å². The fraction of sp³-hybridized carbons (Fsp3) is 0.818. The molecule has 0 aromatic rings. The van der Waals surface area contributed by atoms with Crippen molar-refractivity contribution in [3.05, 3.63) is 0 Å². The van der Waals surface area contributed by atoms with Crippen LogP contribution in [0.25, 0.3) is 0 Å². The van der Waals surface area contributed by atoms with E-state index in [1.165, 1.54) is 0 Å². The van der Waals surface area contributed by atoms with Crippen LogP contribution >= 0.6 is 0 Å². The third kappa shape index (κ3) is 3.94. The number of sulfone groups is 2. The third-order valence-corrected chi connectivity index (χ3v) is 7.34. The van der Waals surface area contributed by atoms with Gasteiger partial charge in [-0.25, -0.2) is 16.8 Å². The van der Waals surface area contributed by atoms with Crippen LogP contribution in [0.5, 0.6) is 0 Å². The second-order valence-electron chi connectivity index (χ2n) is 5.52. The molecule has 2 rings (SSSR count). The first-order valence-corrected chi connectivity index (χ1v) is 10.2. The second kappa shape index (κ2) is 5.56. The summed E-state index contributed by atoms with van der Waals surface area (Å²) >= 11 is 0. The Balaban J connectivity index is 2.16. The Morgan fingerprint density at radius 2 is 1.57 bits per heavy atom. The van der Waals surface area contributed by atoms with E-state index in [0.717, 1.165) is 4.90 Å². The first-order valence-electron chi connectivity index (χ1n) is 6.53. The number of carboxylic acid groups (broad SMARTS) is 1. The molecule has 0 saturated carbocycles. The molecule has 1 N–H and O–H groups in total. The van der Waals surface area contributed by atoms with Gasteiger partial charge < -0.3 is 10.0 Å². The molecular weight excluding hydrogens is 322 g/mol. The Morgan fingerprint density at radius 1 is 1.00 bits per heavy atom. The zero-order valence-corrected chi connectivity index (χ0v) is 12.9. The van der Waals surface area contributed by atoms with Crippen LogP contribution in [0.3, 0.4) is 0 Å². The van der Waals surface area contributed by atoms with Crippen LogP contribution in [0.15, 0.2) is 0 Å². The largest absolute Gasteiger partial charge is 0.480 e. The molecule has 2 atom stereocenters. The Kier molecular flexibility index (Phi) is 4.29. The minimum atomic E-state index is -3.26. The fourth-order valence-electron chi connectivity index (χ4n) is 2.78. The molecule has 0 spiro atoms. The summed E-state index contributed by atoms with van der Waals surface area (Å²) in [6, 6.07) is -0.679. The summed E-state index contributed by atoms with van der Waals surface area (Å²) in [5, 5.41) is 8.91. The van der Waals surface area contributed by atoms with E-state index < -0.39 is 50.1 Å². The quantitative estimate of drug-likeness (QED) is 0.662. The summed E-state index contributed by atoms with van der Waals surface area (Å²) in [5.74, 6) is -3.30. The van der Waals surface area contributed by atoms with Crippen molar-refractivity contribution in [2.75, 3.05) is 29.6 Å². The number of nitrogens with zero attached hydrogens (tertiary/aromatic N) is 1. The van der Waals surface area contributed by atoms with Gasteiger partial charge in [0.05, 0.1) is 28.9 Å². The van der Waals surface area contributed by atoms with Crippen molar-refractivity contribution in [2.24, 2.45) is 5.92 Å². The van der Waals surface area contributed by atoms with Crippen molar-refractivity contribution in [2.45, 2.75) is 18.9 Å². The molecule has 2 aliphatic rings. The van der Waals surface area contributed by atoms with Crippen LogP contribution in [0.2, 0.25) is 0 Å². The van der Waals surface area contributed by atoms with Gasteiger partial charge in [0.1, 0.15) is 6.54 Å². The van der Waals surface area contributed by atoms with Gasteiger partial charge in [-0.05, 0) is 12.8 Å². The SMILES string of the molecule is O=C(O)CN(C(=O)C1CCS(=O)(=O)C1)C1CCS(=O)(=O)C1. The highest BCUT2D eigenvalue weighted by Crippen LogP contribution is 2.25. The van der Waals surface area contributed by atoms with Crippen molar-refractivity contribution in [3.8, 4) is 0 Å². The fourth-order valence-corrected chi connectivity index (χ4v) is 6.24. The van der Waals surface area contributed by atoms with E-state index in [0.29, 0.717) is 0 Å². The zero-order chi connectivity index (χ0) is 15.8. The molecule has 21 heavy (non-hydrogen) atoms. The van der Waals surface area contributed by atoms with Gasteiger partial charge in [0, 0.05) is 6.04 Å². The minimum absolute atomic E-state index is 0.0793. The van der Waals surface area contributed by atoms with Crippen LogP contribution in [-0.2, 0) is 29.3 Å². The van der Waals surface area contributed by atoms with Crippen molar-refractivity contribution in [1.29, 1.82) is 0 Å². The lowest BCUT2D eigenvalue weighted by Crippen LogP contribution is -2.47. The van der Waals surface area contributed by atoms with Gasteiger partial charge in [-0.3, -0.25) is 9.59 Å². The first kappa shape index (κ1) is 16.2. The van der Waals surface area contributed by atoms with Crippen LogP contribution in [0.4, 0.5) is 0 Å². The molecule has 0 bridgehead atoms. The Morgan fingerprint density at radius 3 is 2.00 bits per heavy atom. The Bertz CT molecular complexity index is 652. The molecule has 10 heteroatoms. The number of hydrogen-bond acceptors (Lipinski definition) is 6. The van der Waals surface area contributed by atoms with E-state index in [1.807, 2.05) is 0 Å². The molecule has 2 fully saturated rings. The summed E-state index contributed by atoms with van der Waals surface area (Å²) in [6.07, 6.45) is 0.359. The van der Waals surface area contributed by atoms with Gasteiger partial charge in [0.25, 0.3) is 0 Å². The number of carbonyl (C=O) groups excluding carboxylic acids is 1. The summed E-state index contributed by atoms with van der Waals surface area (Å²) < 4.78 is 45.9. The maximum Gasteiger partial charge on any atom is 0.323 e. The normalized spacial score (nSPS) is 30.1. The molecule has 120 valence electrons. The van der Waals surface area contributed by atoms with Crippen molar-refractivity contribution < 1.29 is 31.5 Å². The molecule has 0 aliphatic carbocycles. The number of carbonyl (C=O) groups is 2. The predicted octanol–water partition coefficient (Wildman–Crippen LogP) is -1.48. The molecule has 2 aliphatic heterocycles. The molecule has 2 unspecified atom stereocenters. The smallest absolute Gasteiger partial charge is 0.323 e. The van der Waals surface area contributed by atoms with E-state index in [-0.39, 0.29) is 35.9 Å². The highest BCUT2D eigenvalue weighted by atomic mass is 32.2. The molecular formula is C11H17NO7S2. The van der Waals surface area contributed by atoms with Gasteiger partial charge in [0.15, 0.2) is 19.7 Å². The molecule has 0 aromatic heterocycles. The van der Waals surface area contributed by atoms with Crippen molar-refractivity contribution in [1.82, 2.24) is 4.90 Å². The van der Waals surface area contributed by atoms with Crippen LogP contribution in [-0.4, -0.2) is 74.3 Å². The Labute approximate surface area is 123 Å². The first-order chi connectivity index (χ1) is 9.60. The highest BCUT2D eigenvalue weighted by Gasteiger charge is 2.41. The lowest BCUT2D eigenvalue weighted by Gasteiger charge is -2.28. The molecule has 2 heterocycles. The van der Waals surface area contributed by atoms with E-state index in [2.05, 4.69) is 0 Å². The number of hydrogen-bond donors (Lipinski definition) is 1. The monoisotopic (exact) mass is 339 g/mol. The van der Waals surface area contributed by atoms with Crippen molar-refractivity contribution >= 4 is 31.6 Å². The lowest BCUT2D eigenvalue weighted by molar-refractivity contribution is -0.147. The highest BCUT2D eigenvalue weighted by molar-refractivity contribution is 7.91. The average molecular weight is 339 g/mol. The van der Waals surface area contributed by atoms with Gasteiger partial charge in [0.2, 0.25) is 5.91 Å². The van der Waals surface area contributed by atoms with E-state index in [1.54, 1.807) is 0 Å². The topological polar surface area (TPSA) is 126 Å². The van der Waals surface area contributed by atoms with Crippen molar-refractivity contribution in [3.63, 3.8) is 0 Å². The standard InChI is InChI=1S/C11H17NO7S2/c13-10(14)5-12(9-2-4-21(18,19)7-9)11(15)8-1-3-20(16,17)6-8/h8-9H,1-7H2,(H,13,14). The zero-order valence-electron chi connectivity index (χ0n) is 11.3. The maximum atomic E-state index is 12.4. The Hall–Kier alpha value is -1.16. The third-order valence-electron chi connectivity index (χ3n) is 3.82. The summed E-state index contributed by atoms with van der Waals surface area (Å²) in [6.45, 7) is -0.602. The number of aliphatic carboxylic acids is 1. The van der Waals surface area contributed by atoms with E-state index in [4.69, 9.17) is 5.11 Å². The van der Waals surface area contributed by atoms with Gasteiger partial charge >= 0.3 is 5.97 Å². The van der Waals surface area contributed by atoms with Gasteiger partial charge in [-0.1, -0.05) is 0 Å². The summed E-state index contributed by atoms with van der Waals surface area (Å²) in [5.41, 5.74) is 0. The molecule has 8 nitrogen and oxygen atoms in total. The summed E-state index contributed by atoms with van der Waals surface area (Å²) in [7, 11) is -6.52. The molecule has 0 radical (unpaired) electrons. The van der Waals surface area contributed by atoms with E-state index in [9.17, 15) is 26.4 Å². The van der Waals surface area contributed by atoms with Crippen LogP contribution in [0.1, 0.15) is 12.8 Å². The minimum Gasteiger partial charge on any atom is -0.480 e. The molecule has 0 aromatic carbocycles. The van der Waals surface area contributed by atoms with Crippen LogP contribution in [0, 0.1) is 5.92 Å². The number of rotatable bonds is 4. The summed E-state index contributed by atoms with van der Waals surface area (Å²) in [4.78, 5) is 24.3. The van der Waals surface area contributed by atoms with Crippen LogP contribution < -0.4 is 0 Å².